The highest BCUT2D eigenvalue weighted by atomic mass is 32.1. The van der Waals surface area contributed by atoms with Crippen molar-refractivity contribution in [1.29, 1.82) is 0 Å². The monoisotopic (exact) mass is 226 g/mol. The van der Waals surface area contributed by atoms with Crippen LogP contribution < -0.4 is 5.32 Å². The van der Waals surface area contributed by atoms with Gasteiger partial charge in [0.1, 0.15) is 0 Å². The number of likely N-dealkylation sites (N-methyl/N-ethyl adjacent to an activating group) is 1. The van der Waals surface area contributed by atoms with E-state index in [-0.39, 0.29) is 18.2 Å². The topological polar surface area (TPSA) is 75.2 Å². The molecule has 0 aromatic carbocycles. The van der Waals surface area contributed by atoms with Gasteiger partial charge in [0.25, 0.3) is 0 Å². The fourth-order valence-electron chi connectivity index (χ4n) is 1.40. The molecule has 80 valence electrons. The van der Waals surface area contributed by atoms with Crippen LogP contribution in [0.4, 0.5) is 0 Å². The van der Waals surface area contributed by atoms with Gasteiger partial charge in [-0.15, -0.1) is 5.10 Å². The second-order valence-electron chi connectivity index (χ2n) is 3.32. The maximum atomic E-state index is 11.5. The van der Waals surface area contributed by atoms with Crippen molar-refractivity contribution in [2.75, 3.05) is 7.05 Å². The van der Waals surface area contributed by atoms with Crippen molar-refractivity contribution in [3.8, 4) is 0 Å². The molecule has 1 N–H and O–H groups in total. The van der Waals surface area contributed by atoms with E-state index in [0.29, 0.717) is 6.54 Å². The summed E-state index contributed by atoms with van der Waals surface area (Å²) in [7, 11) is 1.50. The molecule has 0 spiro atoms. The summed E-state index contributed by atoms with van der Waals surface area (Å²) in [6, 6.07) is -0.413. The molecule has 0 saturated carbocycles. The van der Waals surface area contributed by atoms with Crippen molar-refractivity contribution in [3.63, 3.8) is 0 Å². The van der Waals surface area contributed by atoms with Crippen LogP contribution in [-0.4, -0.2) is 39.4 Å². The Hall–Kier alpha value is -1.34. The molecule has 15 heavy (non-hydrogen) atoms. The Labute approximate surface area is 90.4 Å². The first-order chi connectivity index (χ1) is 7.18. The highest BCUT2D eigenvalue weighted by Crippen LogP contribution is 2.11. The van der Waals surface area contributed by atoms with Gasteiger partial charge in [-0.05, 0) is 11.5 Å². The highest BCUT2D eigenvalue weighted by molar-refractivity contribution is 7.03. The molecule has 2 amide bonds. The first-order valence-corrected chi connectivity index (χ1v) is 5.32. The molecule has 1 saturated heterocycles. The van der Waals surface area contributed by atoms with Gasteiger partial charge in [-0.3, -0.25) is 19.8 Å². The van der Waals surface area contributed by atoms with Gasteiger partial charge in [-0.2, -0.15) is 0 Å². The Morgan fingerprint density at radius 2 is 2.47 bits per heavy atom. The highest BCUT2D eigenvalue weighted by Gasteiger charge is 2.35. The van der Waals surface area contributed by atoms with Crippen LogP contribution in [0.3, 0.4) is 0 Å². The number of aromatic nitrogens is 2. The minimum atomic E-state index is -0.413. The van der Waals surface area contributed by atoms with Gasteiger partial charge in [0.15, 0.2) is 0 Å². The van der Waals surface area contributed by atoms with Crippen LogP contribution in [0.5, 0.6) is 0 Å². The van der Waals surface area contributed by atoms with Crippen LogP contribution in [0.2, 0.25) is 0 Å². The predicted molar refractivity (Wildman–Crippen MR) is 52.9 cm³/mol. The molecule has 7 heteroatoms. The van der Waals surface area contributed by atoms with Gasteiger partial charge in [0.2, 0.25) is 11.8 Å². The zero-order valence-corrected chi connectivity index (χ0v) is 8.95. The van der Waals surface area contributed by atoms with Gasteiger partial charge < -0.3 is 0 Å². The summed E-state index contributed by atoms with van der Waals surface area (Å²) in [5.74, 6) is -0.322. The number of carbonyl (C=O) groups excluding carboxylic acids is 2. The Balaban J connectivity index is 1.91. The van der Waals surface area contributed by atoms with E-state index in [1.54, 1.807) is 5.38 Å². The fraction of sp³-hybridized carbons (Fsp3) is 0.500. The number of rotatable bonds is 3. The average Bonchev–Trinajstić information content (AvgIpc) is 2.80. The number of carbonyl (C=O) groups is 2. The largest absolute Gasteiger partial charge is 0.300 e. The lowest BCUT2D eigenvalue weighted by Crippen LogP contribution is -2.36. The Kier molecular flexibility index (Phi) is 2.74. The molecule has 2 heterocycles. The van der Waals surface area contributed by atoms with Crippen LogP contribution in [-0.2, 0) is 16.1 Å². The quantitative estimate of drug-likeness (QED) is 0.695. The summed E-state index contributed by atoms with van der Waals surface area (Å²) >= 11 is 1.26. The number of nitrogens with zero attached hydrogens (tertiary/aromatic N) is 3. The Bertz CT molecular complexity index is 378. The average molecular weight is 226 g/mol. The first-order valence-electron chi connectivity index (χ1n) is 4.48. The lowest BCUT2D eigenvalue weighted by atomic mass is 10.2. The summed E-state index contributed by atoms with van der Waals surface area (Å²) in [4.78, 5) is 23.8. The molecular formula is C8H10N4O2S. The van der Waals surface area contributed by atoms with Crippen LogP contribution >= 0.6 is 11.5 Å². The van der Waals surface area contributed by atoms with Crippen LogP contribution in [0, 0.1) is 0 Å². The molecule has 1 unspecified atom stereocenters. The third-order valence-corrected chi connectivity index (χ3v) is 2.87. The van der Waals surface area contributed by atoms with Crippen molar-refractivity contribution in [1.82, 2.24) is 19.8 Å². The SMILES string of the molecule is CN1C(=O)CC(NCc2csnn2)C1=O. The molecule has 0 aliphatic carbocycles. The number of nitrogens with one attached hydrogen (secondary N) is 1. The number of hydrogen-bond acceptors (Lipinski definition) is 6. The standard InChI is InChI=1S/C8H10N4O2S/c1-12-7(13)2-6(8(12)14)9-3-5-4-15-11-10-5/h4,6,9H,2-3H2,1H3. The summed E-state index contributed by atoms with van der Waals surface area (Å²) < 4.78 is 3.71. The normalized spacial score (nSPS) is 21.4. The number of imide groups is 1. The molecule has 1 atom stereocenters. The van der Waals surface area contributed by atoms with Crippen molar-refractivity contribution in [3.05, 3.63) is 11.1 Å². The van der Waals surface area contributed by atoms with E-state index < -0.39 is 6.04 Å². The van der Waals surface area contributed by atoms with Gasteiger partial charge in [0, 0.05) is 19.0 Å². The molecule has 2 rings (SSSR count). The van der Waals surface area contributed by atoms with E-state index in [4.69, 9.17) is 0 Å². The molecule has 1 aromatic heterocycles. The molecular weight excluding hydrogens is 216 g/mol. The van der Waals surface area contributed by atoms with Crippen LogP contribution in [0.25, 0.3) is 0 Å². The smallest absolute Gasteiger partial charge is 0.246 e. The van der Waals surface area contributed by atoms with Gasteiger partial charge in [-0.1, -0.05) is 4.49 Å². The van der Waals surface area contributed by atoms with Crippen molar-refractivity contribution < 1.29 is 9.59 Å². The summed E-state index contributed by atoms with van der Waals surface area (Å²) in [5.41, 5.74) is 0.787. The lowest BCUT2D eigenvalue weighted by molar-refractivity contribution is -0.137. The Morgan fingerprint density at radius 1 is 1.67 bits per heavy atom. The van der Waals surface area contributed by atoms with Gasteiger partial charge >= 0.3 is 0 Å². The first kappa shape index (κ1) is 10.2. The zero-order chi connectivity index (χ0) is 10.8. The van der Waals surface area contributed by atoms with E-state index in [2.05, 4.69) is 14.9 Å². The third kappa shape index (κ3) is 2.02. The summed E-state index contributed by atoms with van der Waals surface area (Å²) in [6.07, 6.45) is 0.229. The number of hydrogen-bond donors (Lipinski definition) is 1. The van der Waals surface area contributed by atoms with E-state index in [9.17, 15) is 9.59 Å². The van der Waals surface area contributed by atoms with Gasteiger partial charge in [0.05, 0.1) is 18.2 Å². The molecule has 0 radical (unpaired) electrons. The third-order valence-electron chi connectivity index (χ3n) is 2.32. The van der Waals surface area contributed by atoms with Crippen molar-refractivity contribution >= 4 is 23.3 Å². The molecule has 0 bridgehead atoms. The second kappa shape index (κ2) is 4.03. The maximum Gasteiger partial charge on any atom is 0.246 e. The summed E-state index contributed by atoms with van der Waals surface area (Å²) in [6.45, 7) is 0.466. The van der Waals surface area contributed by atoms with Crippen molar-refractivity contribution in [2.45, 2.75) is 19.0 Å². The van der Waals surface area contributed by atoms with E-state index in [1.807, 2.05) is 0 Å². The fourth-order valence-corrected chi connectivity index (χ4v) is 1.86. The molecule has 1 aromatic rings. The second-order valence-corrected chi connectivity index (χ2v) is 3.93. The van der Waals surface area contributed by atoms with E-state index in [0.717, 1.165) is 10.6 Å². The molecule has 6 nitrogen and oxygen atoms in total. The van der Waals surface area contributed by atoms with E-state index in [1.165, 1.54) is 18.6 Å². The number of likely N-dealkylation sites (tertiary alicyclic amines) is 1. The molecule has 1 aliphatic heterocycles. The van der Waals surface area contributed by atoms with E-state index >= 15 is 0 Å². The van der Waals surface area contributed by atoms with Gasteiger partial charge in [-0.25, -0.2) is 0 Å². The predicted octanol–water partition coefficient (Wildman–Crippen LogP) is -0.615. The molecule has 1 aliphatic rings. The lowest BCUT2D eigenvalue weighted by Gasteiger charge is -2.09. The Morgan fingerprint density at radius 3 is 3.00 bits per heavy atom. The zero-order valence-electron chi connectivity index (χ0n) is 8.14. The number of amides is 2. The maximum absolute atomic E-state index is 11.5. The van der Waals surface area contributed by atoms with Crippen LogP contribution in [0.1, 0.15) is 12.1 Å². The molecule has 1 fully saturated rings. The van der Waals surface area contributed by atoms with Crippen molar-refractivity contribution in [2.24, 2.45) is 0 Å². The minimum Gasteiger partial charge on any atom is -0.300 e. The van der Waals surface area contributed by atoms with Crippen LogP contribution in [0.15, 0.2) is 5.38 Å². The summed E-state index contributed by atoms with van der Waals surface area (Å²) in [5, 5.41) is 8.63. The minimum absolute atomic E-state index is 0.145.